The van der Waals surface area contributed by atoms with Crippen LogP contribution in [0.1, 0.15) is 23.7 Å². The molecule has 0 aliphatic carbocycles. The Morgan fingerprint density at radius 2 is 1.95 bits per heavy atom. The van der Waals surface area contributed by atoms with E-state index in [4.69, 9.17) is 21.1 Å². The van der Waals surface area contributed by atoms with Crippen molar-refractivity contribution in [3.63, 3.8) is 0 Å². The Balaban J connectivity index is 1.55. The normalized spacial score (nSPS) is 16.3. The number of halogens is 1. The van der Waals surface area contributed by atoms with Crippen molar-refractivity contribution >= 4 is 47.1 Å². The first-order chi connectivity index (χ1) is 18.7. The van der Waals surface area contributed by atoms with Gasteiger partial charge in [-0.25, -0.2) is 4.68 Å². The third-order valence-corrected chi connectivity index (χ3v) is 6.13. The molecule has 0 saturated heterocycles. The molecule has 1 unspecified atom stereocenters. The highest BCUT2D eigenvalue weighted by Crippen LogP contribution is 2.41. The van der Waals surface area contributed by atoms with Crippen LogP contribution < -0.4 is 4.74 Å². The molecule has 198 valence electrons. The minimum absolute atomic E-state index is 0.0278. The van der Waals surface area contributed by atoms with Crippen LogP contribution in [0.3, 0.4) is 0 Å². The van der Waals surface area contributed by atoms with Crippen molar-refractivity contribution in [2.45, 2.75) is 20.2 Å². The Bertz CT molecular complexity index is 1610. The summed E-state index contributed by atoms with van der Waals surface area (Å²) in [4.78, 5) is 39.1. The van der Waals surface area contributed by atoms with Gasteiger partial charge in [-0.1, -0.05) is 29.8 Å². The number of ether oxygens (including phenoxy) is 2. The van der Waals surface area contributed by atoms with Gasteiger partial charge in [-0.05, 0) is 32.1 Å². The van der Waals surface area contributed by atoms with Gasteiger partial charge in [0.05, 0.1) is 39.1 Å². The molecular weight excluding hydrogens is 534 g/mol. The summed E-state index contributed by atoms with van der Waals surface area (Å²) in [6.07, 6.45) is 1.33. The van der Waals surface area contributed by atoms with Crippen LogP contribution in [0.15, 0.2) is 58.1 Å². The summed E-state index contributed by atoms with van der Waals surface area (Å²) in [5.41, 5.74) is 0.401. The van der Waals surface area contributed by atoms with Crippen LogP contribution in [0.5, 0.6) is 5.75 Å². The molecule has 15 heteroatoms. The van der Waals surface area contributed by atoms with Gasteiger partial charge >= 0.3 is 5.69 Å². The van der Waals surface area contributed by atoms with Crippen LogP contribution in [0, 0.1) is 27.2 Å². The van der Waals surface area contributed by atoms with Gasteiger partial charge in [0.1, 0.15) is 10.7 Å². The Hall–Kier alpha value is -4.95. The maximum absolute atomic E-state index is 13.5. The van der Waals surface area contributed by atoms with Gasteiger partial charge in [0.2, 0.25) is 11.6 Å². The van der Waals surface area contributed by atoms with Gasteiger partial charge in [0.25, 0.3) is 17.9 Å². The largest absolute Gasteiger partial charge is 0.430 e. The zero-order valence-corrected chi connectivity index (χ0v) is 21.1. The highest BCUT2D eigenvalue weighted by atomic mass is 35.5. The van der Waals surface area contributed by atoms with Gasteiger partial charge in [-0.2, -0.15) is 20.2 Å². The summed E-state index contributed by atoms with van der Waals surface area (Å²) in [6, 6.07) is 11.1. The number of hydrazone groups is 1. The molecule has 0 spiro atoms. The van der Waals surface area contributed by atoms with Crippen molar-refractivity contribution in [3.8, 4) is 11.4 Å². The number of nitrogens with zero attached hydrogens (tertiary/aromatic N) is 7. The number of benzene rings is 2. The van der Waals surface area contributed by atoms with Gasteiger partial charge < -0.3 is 9.47 Å². The minimum Gasteiger partial charge on any atom is -0.430 e. The Kier molecular flexibility index (Phi) is 6.64. The lowest BCUT2D eigenvalue weighted by atomic mass is 10.0. The van der Waals surface area contributed by atoms with Gasteiger partial charge in [-0.3, -0.25) is 25.0 Å². The molecule has 2 aliphatic rings. The third-order valence-electron chi connectivity index (χ3n) is 5.77. The molecule has 3 heterocycles. The number of aromatic nitrogens is 2. The van der Waals surface area contributed by atoms with E-state index in [9.17, 15) is 25.0 Å². The molecule has 0 radical (unpaired) electrons. The van der Waals surface area contributed by atoms with E-state index in [1.165, 1.54) is 17.0 Å². The van der Waals surface area contributed by atoms with Crippen molar-refractivity contribution in [2.75, 3.05) is 6.61 Å². The van der Waals surface area contributed by atoms with Crippen LogP contribution in [0.4, 0.5) is 11.4 Å². The molecule has 14 nitrogen and oxygen atoms in total. The van der Waals surface area contributed by atoms with Crippen LogP contribution in [0.2, 0.25) is 5.15 Å². The second-order valence-electron chi connectivity index (χ2n) is 8.20. The molecule has 0 saturated carbocycles. The molecule has 0 N–H and O–H groups in total. The highest BCUT2D eigenvalue weighted by Gasteiger charge is 2.40. The number of rotatable bonds is 7. The maximum atomic E-state index is 13.5. The fourth-order valence-corrected chi connectivity index (χ4v) is 4.28. The van der Waals surface area contributed by atoms with E-state index in [0.29, 0.717) is 11.3 Å². The van der Waals surface area contributed by atoms with Crippen molar-refractivity contribution in [2.24, 2.45) is 10.1 Å². The van der Waals surface area contributed by atoms with Gasteiger partial charge in [0, 0.05) is 18.2 Å². The molecule has 1 aromatic heterocycles. The van der Waals surface area contributed by atoms with Crippen LogP contribution in [-0.4, -0.2) is 55.6 Å². The Morgan fingerprint density at radius 1 is 1.21 bits per heavy atom. The summed E-state index contributed by atoms with van der Waals surface area (Å²) in [6.45, 7) is 3.56. The Morgan fingerprint density at radius 3 is 2.62 bits per heavy atom. The summed E-state index contributed by atoms with van der Waals surface area (Å²) >= 11 is 6.57. The van der Waals surface area contributed by atoms with Crippen LogP contribution in [-0.2, 0) is 9.53 Å². The lowest BCUT2D eigenvalue weighted by molar-refractivity contribution is -0.394. The van der Waals surface area contributed by atoms with E-state index in [2.05, 4.69) is 15.2 Å². The number of hydrogen-bond donors (Lipinski definition) is 0. The average molecular weight is 552 g/mol. The number of aliphatic imine (C=N–C) groups is 1. The number of non-ortho nitro benzene ring substituents is 1. The predicted octanol–water partition coefficient (Wildman–Crippen LogP) is 4.02. The molecule has 39 heavy (non-hydrogen) atoms. The van der Waals surface area contributed by atoms with Crippen molar-refractivity contribution in [1.29, 1.82) is 0 Å². The number of amides is 1. The SMILES string of the molecule is CCOC1N=C2Oc3c(cc([N+](=O)[O-])cc3[N+](=O)[O-])C=C2C(=O)N1N=Cc1c(C)nn(-c2ccccc2)c1Cl. The number of para-hydroxylation sites is 1. The molecule has 1 atom stereocenters. The van der Waals surface area contributed by atoms with E-state index >= 15 is 0 Å². The van der Waals surface area contributed by atoms with Gasteiger partial charge in [-0.15, -0.1) is 0 Å². The summed E-state index contributed by atoms with van der Waals surface area (Å²) < 4.78 is 12.7. The van der Waals surface area contributed by atoms with E-state index in [-0.39, 0.29) is 34.5 Å². The monoisotopic (exact) mass is 551 g/mol. The topological polar surface area (TPSA) is 168 Å². The first-order valence-corrected chi connectivity index (χ1v) is 11.8. The predicted molar refractivity (Wildman–Crippen MR) is 139 cm³/mol. The van der Waals surface area contributed by atoms with Crippen molar-refractivity contribution in [3.05, 3.63) is 90.2 Å². The third kappa shape index (κ3) is 4.62. The number of nitro benzene ring substituents is 2. The average Bonchev–Trinajstić information content (AvgIpc) is 3.20. The summed E-state index contributed by atoms with van der Waals surface area (Å²) in [5.74, 6) is -1.22. The molecule has 2 aromatic carbocycles. The van der Waals surface area contributed by atoms with Crippen molar-refractivity contribution < 1.29 is 24.1 Å². The number of fused-ring (bicyclic) bond motifs is 2. The molecule has 0 bridgehead atoms. The molecule has 0 fully saturated rings. The lowest BCUT2D eigenvalue weighted by Gasteiger charge is -2.31. The van der Waals surface area contributed by atoms with Crippen molar-refractivity contribution in [1.82, 2.24) is 14.8 Å². The fourth-order valence-electron chi connectivity index (χ4n) is 3.96. The zero-order chi connectivity index (χ0) is 27.8. The van der Waals surface area contributed by atoms with E-state index < -0.39 is 33.5 Å². The quantitative estimate of drug-likeness (QED) is 0.241. The van der Waals surface area contributed by atoms with Crippen LogP contribution >= 0.6 is 11.6 Å². The molecule has 3 aromatic rings. The minimum atomic E-state index is -1.26. The number of hydrogen-bond acceptors (Lipinski definition) is 10. The van der Waals surface area contributed by atoms with E-state index in [1.807, 2.05) is 30.3 Å². The smallest absolute Gasteiger partial charge is 0.319 e. The van der Waals surface area contributed by atoms with Gasteiger partial charge in [0.15, 0.2) is 0 Å². The zero-order valence-electron chi connectivity index (χ0n) is 20.3. The molecule has 1 amide bonds. The summed E-state index contributed by atoms with van der Waals surface area (Å²) in [5, 5.41) is 32.8. The van der Waals surface area contributed by atoms with Crippen LogP contribution in [0.25, 0.3) is 11.8 Å². The first kappa shape index (κ1) is 25.7. The second kappa shape index (κ2) is 10.1. The molecule has 5 rings (SSSR count). The molecular formula is C24H18ClN7O7. The fraction of sp³-hybridized carbons (Fsp3) is 0.167. The number of carbonyl (C=O) groups is 1. The van der Waals surface area contributed by atoms with E-state index in [1.54, 1.807) is 13.8 Å². The van der Waals surface area contributed by atoms with E-state index in [0.717, 1.165) is 22.8 Å². The number of nitro groups is 2. The Labute approximate surface area is 224 Å². The second-order valence-corrected chi connectivity index (χ2v) is 8.56. The summed E-state index contributed by atoms with van der Waals surface area (Å²) in [7, 11) is 0. The lowest BCUT2D eigenvalue weighted by Crippen LogP contribution is -2.45. The number of aryl methyl sites for hydroxylation is 1. The molecule has 2 aliphatic heterocycles. The maximum Gasteiger partial charge on any atom is 0.319 e. The standard InChI is InChI=1S/C24H18ClN7O7/c1-3-38-24-27-22-17(10-14-9-16(31(34)35)11-19(32(36)37)20(14)39-22)23(33)30(24)26-12-18-13(2)28-29(21(18)25)15-7-5-4-6-8-15/h4-12,24H,3H2,1-2H3. The highest BCUT2D eigenvalue weighted by molar-refractivity contribution is 6.32. The number of carbonyl (C=O) groups excluding carboxylic acids is 1. The first-order valence-electron chi connectivity index (χ1n) is 11.4.